The number of amides is 2. The zero-order valence-electron chi connectivity index (χ0n) is 8.51. The summed E-state index contributed by atoms with van der Waals surface area (Å²) in [7, 11) is 1.66. The number of urea groups is 1. The van der Waals surface area contributed by atoms with Crippen LogP contribution in [0.15, 0.2) is 12.2 Å². The summed E-state index contributed by atoms with van der Waals surface area (Å²) >= 11 is 0. The molecule has 0 rings (SSSR count). The van der Waals surface area contributed by atoms with Gasteiger partial charge in [0, 0.05) is 25.7 Å². The number of nitrogens with zero attached hydrogens (tertiary/aromatic N) is 1. The number of hydrogen-bond donors (Lipinski definition) is 3. The van der Waals surface area contributed by atoms with Gasteiger partial charge in [0.1, 0.15) is 0 Å². The van der Waals surface area contributed by atoms with Crippen molar-refractivity contribution in [2.24, 2.45) is 5.73 Å². The van der Waals surface area contributed by atoms with Crippen LogP contribution in [0.4, 0.5) is 4.79 Å². The fourth-order valence-corrected chi connectivity index (χ4v) is 0.298. The summed E-state index contributed by atoms with van der Waals surface area (Å²) in [5.74, 6) is -2.51. The van der Waals surface area contributed by atoms with Gasteiger partial charge < -0.3 is 20.8 Å². The van der Waals surface area contributed by atoms with Gasteiger partial charge in [0.25, 0.3) is 0 Å². The van der Waals surface area contributed by atoms with E-state index < -0.39 is 11.9 Å². The van der Waals surface area contributed by atoms with E-state index in [1.54, 1.807) is 7.05 Å². The zero-order chi connectivity index (χ0) is 12.4. The SMILES string of the molecule is CCN(C)C(N)=O.O=C(O)/C=C\C(=O)O. The predicted octanol–water partition coefficient (Wildman–Crippen LogP) is -0.271. The first-order valence-electron chi connectivity index (χ1n) is 3.95. The van der Waals surface area contributed by atoms with Crippen molar-refractivity contribution in [3.05, 3.63) is 12.2 Å². The minimum Gasteiger partial charge on any atom is -0.478 e. The molecule has 0 aliphatic rings. The average Bonchev–Trinajstić information content (AvgIpc) is 2.14. The molecule has 4 N–H and O–H groups in total. The second-order valence-electron chi connectivity index (χ2n) is 2.36. The van der Waals surface area contributed by atoms with E-state index >= 15 is 0 Å². The summed E-state index contributed by atoms with van der Waals surface area (Å²) in [6.45, 7) is 2.54. The minimum atomic E-state index is -1.26. The van der Waals surface area contributed by atoms with Gasteiger partial charge in [0.2, 0.25) is 0 Å². The molecule has 0 aromatic rings. The van der Waals surface area contributed by atoms with Crippen LogP contribution in [0, 0.1) is 0 Å². The fourth-order valence-electron chi connectivity index (χ4n) is 0.298. The standard InChI is InChI=1S/C4H10N2O.C4H4O4/c1-3-6(2)4(5)7;5-3(6)1-2-4(7)8/h3H2,1-2H3,(H2,5,7);1-2H,(H,5,6)(H,7,8)/b;2-1-. The van der Waals surface area contributed by atoms with Gasteiger partial charge in [-0.3, -0.25) is 0 Å². The van der Waals surface area contributed by atoms with Crippen molar-refractivity contribution >= 4 is 18.0 Å². The first-order chi connectivity index (χ1) is 6.81. The third-order valence-electron chi connectivity index (χ3n) is 1.22. The molecule has 0 saturated heterocycles. The molecule has 0 bridgehead atoms. The molecule has 7 nitrogen and oxygen atoms in total. The van der Waals surface area contributed by atoms with Gasteiger partial charge in [-0.05, 0) is 6.92 Å². The Balaban J connectivity index is 0. The molecular formula is C8H14N2O5. The number of hydrogen-bond acceptors (Lipinski definition) is 3. The summed E-state index contributed by atoms with van der Waals surface area (Å²) in [4.78, 5) is 30.6. The number of carbonyl (C=O) groups excluding carboxylic acids is 1. The third-order valence-corrected chi connectivity index (χ3v) is 1.22. The number of rotatable bonds is 3. The lowest BCUT2D eigenvalue weighted by Gasteiger charge is -2.08. The zero-order valence-corrected chi connectivity index (χ0v) is 8.51. The molecule has 0 aliphatic carbocycles. The van der Waals surface area contributed by atoms with Crippen molar-refractivity contribution in [2.45, 2.75) is 6.92 Å². The summed E-state index contributed by atoms with van der Waals surface area (Å²) in [5.41, 5.74) is 4.83. The van der Waals surface area contributed by atoms with E-state index in [2.05, 4.69) is 0 Å². The van der Waals surface area contributed by atoms with Crippen molar-refractivity contribution in [1.82, 2.24) is 4.90 Å². The van der Waals surface area contributed by atoms with E-state index in [9.17, 15) is 14.4 Å². The van der Waals surface area contributed by atoms with Crippen molar-refractivity contribution in [3.63, 3.8) is 0 Å². The van der Waals surface area contributed by atoms with Gasteiger partial charge in [-0.2, -0.15) is 0 Å². The van der Waals surface area contributed by atoms with Crippen LogP contribution in [-0.2, 0) is 9.59 Å². The second-order valence-corrected chi connectivity index (χ2v) is 2.36. The van der Waals surface area contributed by atoms with E-state index in [0.717, 1.165) is 0 Å². The van der Waals surface area contributed by atoms with Crippen LogP contribution in [-0.4, -0.2) is 46.7 Å². The highest BCUT2D eigenvalue weighted by Gasteiger charge is 1.94. The van der Waals surface area contributed by atoms with E-state index in [-0.39, 0.29) is 6.03 Å². The molecule has 0 fully saturated rings. The van der Waals surface area contributed by atoms with Crippen LogP contribution in [0.1, 0.15) is 6.92 Å². The first-order valence-corrected chi connectivity index (χ1v) is 3.95. The molecular weight excluding hydrogens is 204 g/mol. The van der Waals surface area contributed by atoms with Gasteiger partial charge in [-0.25, -0.2) is 14.4 Å². The number of carboxylic acids is 2. The molecule has 0 unspecified atom stereocenters. The van der Waals surface area contributed by atoms with E-state index in [4.69, 9.17) is 15.9 Å². The van der Waals surface area contributed by atoms with Crippen LogP contribution in [0.5, 0.6) is 0 Å². The Morgan fingerprint density at radius 2 is 1.53 bits per heavy atom. The van der Waals surface area contributed by atoms with E-state index in [1.807, 2.05) is 6.92 Å². The maximum Gasteiger partial charge on any atom is 0.328 e. The fraction of sp³-hybridized carbons (Fsp3) is 0.375. The Morgan fingerprint density at radius 1 is 1.20 bits per heavy atom. The third kappa shape index (κ3) is 14.8. The van der Waals surface area contributed by atoms with Crippen LogP contribution in [0.2, 0.25) is 0 Å². The lowest BCUT2D eigenvalue weighted by molar-refractivity contribution is -0.134. The quantitative estimate of drug-likeness (QED) is 0.563. The Labute approximate surface area is 86.8 Å². The second kappa shape index (κ2) is 8.54. The Kier molecular flexibility index (Phi) is 8.79. The minimum absolute atomic E-state index is 0.373. The summed E-state index contributed by atoms with van der Waals surface area (Å²) in [6, 6.07) is -0.373. The Hall–Kier alpha value is -2.05. The van der Waals surface area contributed by atoms with Crippen molar-refractivity contribution in [3.8, 4) is 0 Å². The number of nitrogens with two attached hydrogens (primary N) is 1. The lowest BCUT2D eigenvalue weighted by Crippen LogP contribution is -2.31. The highest BCUT2D eigenvalue weighted by Crippen LogP contribution is 1.75. The summed E-state index contributed by atoms with van der Waals surface area (Å²) in [5, 5.41) is 15.6. The molecule has 0 spiro atoms. The molecule has 15 heavy (non-hydrogen) atoms. The van der Waals surface area contributed by atoms with Crippen LogP contribution < -0.4 is 5.73 Å². The molecule has 7 heteroatoms. The summed E-state index contributed by atoms with van der Waals surface area (Å²) < 4.78 is 0. The maximum absolute atomic E-state index is 10.1. The molecule has 0 aromatic heterocycles. The molecule has 86 valence electrons. The highest BCUT2D eigenvalue weighted by atomic mass is 16.4. The molecule has 0 aliphatic heterocycles. The van der Waals surface area contributed by atoms with Crippen LogP contribution in [0.25, 0.3) is 0 Å². The predicted molar refractivity (Wildman–Crippen MR) is 52.3 cm³/mol. The average molecular weight is 218 g/mol. The lowest BCUT2D eigenvalue weighted by atomic mass is 10.5. The van der Waals surface area contributed by atoms with Gasteiger partial charge in [-0.1, -0.05) is 0 Å². The van der Waals surface area contributed by atoms with Crippen molar-refractivity contribution in [2.75, 3.05) is 13.6 Å². The van der Waals surface area contributed by atoms with Gasteiger partial charge in [-0.15, -0.1) is 0 Å². The Morgan fingerprint density at radius 3 is 1.60 bits per heavy atom. The van der Waals surface area contributed by atoms with Gasteiger partial charge in [0.05, 0.1) is 0 Å². The first kappa shape index (κ1) is 15.4. The highest BCUT2D eigenvalue weighted by molar-refractivity contribution is 5.89. The van der Waals surface area contributed by atoms with Crippen molar-refractivity contribution in [1.29, 1.82) is 0 Å². The van der Waals surface area contributed by atoms with Gasteiger partial charge >= 0.3 is 18.0 Å². The normalized spacial score (nSPS) is 8.93. The smallest absolute Gasteiger partial charge is 0.328 e. The van der Waals surface area contributed by atoms with E-state index in [0.29, 0.717) is 18.7 Å². The maximum atomic E-state index is 10.1. The Bertz CT molecular complexity index is 246. The monoisotopic (exact) mass is 218 g/mol. The molecule has 2 amide bonds. The van der Waals surface area contributed by atoms with Crippen LogP contribution in [0.3, 0.4) is 0 Å². The summed E-state index contributed by atoms with van der Waals surface area (Å²) in [6.07, 6.45) is 1.12. The van der Waals surface area contributed by atoms with Crippen molar-refractivity contribution < 1.29 is 24.6 Å². The topological polar surface area (TPSA) is 121 Å². The molecule has 0 atom stereocenters. The molecule has 0 aromatic carbocycles. The van der Waals surface area contributed by atoms with Gasteiger partial charge in [0.15, 0.2) is 0 Å². The number of primary amides is 1. The van der Waals surface area contributed by atoms with E-state index in [1.165, 1.54) is 4.90 Å². The molecule has 0 heterocycles. The number of carbonyl (C=O) groups is 3. The number of carboxylic acid groups (broad SMARTS) is 2. The number of aliphatic carboxylic acids is 2. The largest absolute Gasteiger partial charge is 0.478 e. The van der Waals surface area contributed by atoms with Crippen LogP contribution >= 0.6 is 0 Å². The molecule has 0 radical (unpaired) electrons. The molecule has 0 saturated carbocycles.